The summed E-state index contributed by atoms with van der Waals surface area (Å²) < 4.78 is 0. The zero-order valence-electron chi connectivity index (χ0n) is 23.0. The topological polar surface area (TPSA) is 68.3 Å². The van der Waals surface area contributed by atoms with Gasteiger partial charge in [0.1, 0.15) is 0 Å². The fourth-order valence-corrected chi connectivity index (χ4v) is 10.8. The molecule has 3 aromatic carbocycles. The third-order valence-corrected chi connectivity index (χ3v) is 12.8. The highest BCUT2D eigenvalue weighted by molar-refractivity contribution is 8.17. The van der Waals surface area contributed by atoms with Gasteiger partial charge in [0, 0.05) is 41.8 Å². The van der Waals surface area contributed by atoms with Crippen molar-refractivity contribution in [2.45, 2.75) is 33.4 Å². The summed E-state index contributed by atoms with van der Waals surface area (Å²) in [5.41, 5.74) is 2.31. The lowest BCUT2D eigenvalue weighted by molar-refractivity contribution is 0.0960. The molecule has 2 aliphatic carbocycles. The van der Waals surface area contributed by atoms with E-state index in [1.54, 1.807) is 12.1 Å². The minimum absolute atomic E-state index is 0.0264. The monoisotopic (exact) mass is 586 g/mol. The molecule has 3 aromatic rings. The summed E-state index contributed by atoms with van der Waals surface area (Å²) in [6, 6.07) is 19.6. The summed E-state index contributed by atoms with van der Waals surface area (Å²) >= 11 is 0. The van der Waals surface area contributed by atoms with Crippen molar-refractivity contribution < 1.29 is 19.2 Å². The van der Waals surface area contributed by atoms with Crippen LogP contribution in [-0.2, 0) is 0 Å². The van der Waals surface area contributed by atoms with E-state index < -0.39 is 21.0 Å². The maximum absolute atomic E-state index is 13.5. The molecule has 4 atom stereocenters. The number of Topliss-reactive ketones (excluding diaryl/α,β-unsaturated/α-hetero) is 4. The molecule has 6 heteroatoms. The predicted molar refractivity (Wildman–Crippen MR) is 170 cm³/mol. The van der Waals surface area contributed by atoms with E-state index in [2.05, 4.69) is 36.4 Å². The normalized spacial score (nSPS) is 23.3. The first-order valence-corrected chi connectivity index (χ1v) is 16.2. The van der Waals surface area contributed by atoms with Crippen molar-refractivity contribution in [2.75, 3.05) is 0 Å². The van der Waals surface area contributed by atoms with Gasteiger partial charge in [-0.3, -0.25) is 19.2 Å². The molecule has 4 nitrogen and oxygen atoms in total. The van der Waals surface area contributed by atoms with Gasteiger partial charge in [-0.05, 0) is 72.1 Å². The molecule has 0 fully saturated rings. The van der Waals surface area contributed by atoms with Gasteiger partial charge in [0.05, 0.1) is 11.8 Å². The molecule has 0 aromatic heterocycles. The van der Waals surface area contributed by atoms with Gasteiger partial charge in [-0.2, -0.15) is 0 Å². The zero-order valence-corrected chi connectivity index (χ0v) is 24.6. The van der Waals surface area contributed by atoms with Crippen molar-refractivity contribution in [1.82, 2.24) is 0 Å². The van der Waals surface area contributed by atoms with Crippen molar-refractivity contribution in [3.63, 3.8) is 0 Å². The van der Waals surface area contributed by atoms with Crippen molar-refractivity contribution in [2.24, 2.45) is 11.8 Å². The third-order valence-electron chi connectivity index (χ3n) is 8.04. The van der Waals surface area contributed by atoms with Gasteiger partial charge in [-0.15, -0.1) is 21.0 Å². The van der Waals surface area contributed by atoms with Crippen LogP contribution in [0, 0.1) is 11.8 Å². The maximum atomic E-state index is 13.5. The predicted octanol–water partition coefficient (Wildman–Crippen LogP) is 7.69. The highest BCUT2D eigenvalue weighted by Crippen LogP contribution is 2.50. The van der Waals surface area contributed by atoms with E-state index in [9.17, 15) is 19.2 Å². The van der Waals surface area contributed by atoms with E-state index >= 15 is 0 Å². The Bertz CT molecular complexity index is 1820. The summed E-state index contributed by atoms with van der Waals surface area (Å²) in [6.45, 7) is 3.04. The number of allylic oxidation sites excluding steroid dienone is 8. The van der Waals surface area contributed by atoms with Crippen LogP contribution in [0.4, 0.5) is 0 Å². The average Bonchev–Trinajstić information content (AvgIpc) is 3.01. The SMILES string of the molecule is CC(=O)c1ccc2c(c1)C(=O)C1C=CC=CC1=S2c1ccc(S2=C3C=CC=CC3C(=O)c3cc(C(C)=O)ccc32)cc1. The van der Waals surface area contributed by atoms with Gasteiger partial charge in [-0.1, -0.05) is 60.7 Å². The van der Waals surface area contributed by atoms with Gasteiger partial charge in [0.25, 0.3) is 0 Å². The Morgan fingerprint density at radius 1 is 0.571 bits per heavy atom. The number of hydrogen-bond acceptors (Lipinski definition) is 4. The van der Waals surface area contributed by atoms with Crippen molar-refractivity contribution >= 4 is 53.8 Å². The molecule has 0 saturated carbocycles. The standard InChI is InChI=1S/C36H26O4S2/c1-21(37)23-11-17-33-29(19-23)35(39)27-7-3-5-9-31(27)41(33)25-13-15-26(16-14-25)42-32-10-6-4-8-28(32)36(40)30-20-24(22(2)38)12-18-34(30)42/h3-20,27-28H,1-2H3. The smallest absolute Gasteiger partial charge is 0.175 e. The van der Waals surface area contributed by atoms with Crippen molar-refractivity contribution in [3.8, 4) is 0 Å². The molecule has 206 valence electrons. The highest BCUT2D eigenvalue weighted by Gasteiger charge is 2.35. The van der Waals surface area contributed by atoms with Crippen LogP contribution < -0.4 is 0 Å². The van der Waals surface area contributed by atoms with E-state index in [1.807, 2.05) is 60.7 Å². The van der Waals surface area contributed by atoms with Gasteiger partial charge in [0.2, 0.25) is 0 Å². The van der Waals surface area contributed by atoms with Crippen LogP contribution in [-0.4, -0.2) is 32.9 Å². The molecule has 0 spiro atoms. The van der Waals surface area contributed by atoms with Gasteiger partial charge in [-0.25, -0.2) is 0 Å². The number of hydrogen-bond donors (Lipinski definition) is 0. The van der Waals surface area contributed by atoms with E-state index in [0.29, 0.717) is 22.3 Å². The summed E-state index contributed by atoms with van der Waals surface area (Å²) in [6.07, 6.45) is 15.8. The molecular weight excluding hydrogens is 561 g/mol. The minimum atomic E-state index is -0.496. The fourth-order valence-electron chi connectivity index (χ4n) is 5.94. The van der Waals surface area contributed by atoms with E-state index in [4.69, 9.17) is 0 Å². The Hall–Kier alpha value is -4.26. The molecule has 4 unspecified atom stereocenters. The number of ketones is 4. The van der Waals surface area contributed by atoms with Crippen LogP contribution in [0.2, 0.25) is 0 Å². The van der Waals surface area contributed by atoms with Crippen molar-refractivity contribution in [1.29, 1.82) is 0 Å². The van der Waals surface area contributed by atoms with E-state index in [1.165, 1.54) is 13.8 Å². The second-order valence-electron chi connectivity index (χ2n) is 10.6. The molecule has 2 aliphatic heterocycles. The molecule has 7 rings (SSSR count). The zero-order chi connectivity index (χ0) is 29.1. The summed E-state index contributed by atoms with van der Waals surface area (Å²) in [5, 5.41) is 0. The fraction of sp³-hybridized carbons (Fsp3) is 0.111. The largest absolute Gasteiger partial charge is 0.295 e. The molecule has 0 saturated heterocycles. The first-order chi connectivity index (χ1) is 20.3. The number of benzene rings is 3. The average molecular weight is 587 g/mol. The molecular formula is C36H26O4S2. The first-order valence-electron chi connectivity index (χ1n) is 13.7. The van der Waals surface area contributed by atoms with Crippen LogP contribution in [0.1, 0.15) is 55.3 Å². The Kier molecular flexibility index (Phi) is 6.48. The quantitative estimate of drug-likeness (QED) is 0.232. The summed E-state index contributed by atoms with van der Waals surface area (Å²) in [5.74, 6) is -0.770. The lowest BCUT2D eigenvalue weighted by atomic mass is 9.90. The van der Waals surface area contributed by atoms with Crippen LogP contribution in [0.15, 0.2) is 129 Å². The third kappa shape index (κ3) is 4.17. The summed E-state index contributed by atoms with van der Waals surface area (Å²) in [7, 11) is -0.992. The van der Waals surface area contributed by atoms with Gasteiger partial charge >= 0.3 is 0 Å². The van der Waals surface area contributed by atoms with E-state index in [-0.39, 0.29) is 35.0 Å². The molecule has 2 heterocycles. The number of carbonyl (C=O) groups excluding carboxylic acids is 4. The Balaban J connectivity index is 1.39. The second kappa shape index (κ2) is 10.2. The number of carbonyl (C=O) groups is 4. The van der Waals surface area contributed by atoms with E-state index in [0.717, 1.165) is 29.3 Å². The van der Waals surface area contributed by atoms with Crippen LogP contribution >= 0.6 is 21.0 Å². The summed E-state index contributed by atoms with van der Waals surface area (Å²) in [4.78, 5) is 57.5. The lowest BCUT2D eigenvalue weighted by Crippen LogP contribution is -2.27. The second-order valence-corrected chi connectivity index (χ2v) is 14.6. The van der Waals surface area contributed by atoms with Crippen LogP contribution in [0.25, 0.3) is 0 Å². The Morgan fingerprint density at radius 2 is 0.976 bits per heavy atom. The molecule has 42 heavy (non-hydrogen) atoms. The van der Waals surface area contributed by atoms with Gasteiger partial charge in [0.15, 0.2) is 23.1 Å². The van der Waals surface area contributed by atoms with Crippen LogP contribution in [0.5, 0.6) is 0 Å². The van der Waals surface area contributed by atoms with Crippen molar-refractivity contribution in [3.05, 3.63) is 132 Å². The molecule has 0 radical (unpaired) electrons. The Labute approximate surface area is 249 Å². The maximum Gasteiger partial charge on any atom is 0.175 e. The van der Waals surface area contributed by atoms with Crippen LogP contribution in [0.3, 0.4) is 0 Å². The molecule has 0 N–H and O–H groups in total. The first kappa shape index (κ1) is 26.6. The molecule has 4 aliphatic rings. The lowest BCUT2D eigenvalue weighted by Gasteiger charge is -2.30. The number of rotatable bonds is 4. The van der Waals surface area contributed by atoms with Gasteiger partial charge < -0.3 is 0 Å². The highest BCUT2D eigenvalue weighted by atomic mass is 32.2. The molecule has 0 bridgehead atoms. The number of fused-ring (bicyclic) bond motifs is 4. The molecule has 0 amide bonds. The minimum Gasteiger partial charge on any atom is -0.295 e. The Morgan fingerprint density at radius 3 is 1.36 bits per heavy atom.